The van der Waals surface area contributed by atoms with E-state index in [1.807, 2.05) is 13.8 Å². The minimum absolute atomic E-state index is 0.0761. The van der Waals surface area contributed by atoms with Crippen LogP contribution in [0.25, 0.3) is 0 Å². The van der Waals surface area contributed by atoms with Crippen molar-refractivity contribution in [1.82, 2.24) is 10.3 Å². The van der Waals surface area contributed by atoms with Crippen LogP contribution >= 0.6 is 0 Å². The Bertz CT molecular complexity index is 449. The maximum Gasteiger partial charge on any atom is 0.319 e. The molecule has 6 nitrogen and oxygen atoms in total. The molecule has 0 saturated heterocycles. The zero-order valence-electron chi connectivity index (χ0n) is 11.1. The molecule has 0 aliphatic heterocycles. The smallest absolute Gasteiger partial charge is 0.319 e. The van der Waals surface area contributed by atoms with Gasteiger partial charge in [0.25, 0.3) is 0 Å². The van der Waals surface area contributed by atoms with E-state index in [1.54, 1.807) is 18.5 Å². The molecule has 0 saturated carbocycles. The summed E-state index contributed by atoms with van der Waals surface area (Å²) in [5.74, 6) is -0.920. The summed E-state index contributed by atoms with van der Waals surface area (Å²) in [4.78, 5) is 26.4. The van der Waals surface area contributed by atoms with Crippen LogP contribution in [0, 0.1) is 6.92 Å². The molecule has 1 unspecified atom stereocenters. The molecule has 0 spiro atoms. The van der Waals surface area contributed by atoms with E-state index in [2.05, 4.69) is 15.6 Å². The van der Waals surface area contributed by atoms with Crippen molar-refractivity contribution in [2.24, 2.45) is 0 Å². The molecule has 0 fully saturated rings. The number of nitrogens with zero attached hydrogens (tertiary/aromatic N) is 1. The van der Waals surface area contributed by atoms with Gasteiger partial charge in [-0.15, -0.1) is 0 Å². The highest BCUT2D eigenvalue weighted by atomic mass is 16.4. The molecule has 104 valence electrons. The fourth-order valence-electron chi connectivity index (χ4n) is 1.72. The van der Waals surface area contributed by atoms with Crippen LogP contribution in [0.5, 0.6) is 0 Å². The predicted octanol–water partition coefficient (Wildman–Crippen LogP) is 2.15. The van der Waals surface area contributed by atoms with Gasteiger partial charge in [-0.1, -0.05) is 13.3 Å². The molecule has 2 amide bonds. The van der Waals surface area contributed by atoms with Gasteiger partial charge < -0.3 is 15.7 Å². The molecule has 1 aromatic heterocycles. The summed E-state index contributed by atoms with van der Waals surface area (Å²) in [7, 11) is 0. The summed E-state index contributed by atoms with van der Waals surface area (Å²) < 4.78 is 0. The Labute approximate surface area is 112 Å². The maximum atomic E-state index is 11.8. The van der Waals surface area contributed by atoms with E-state index < -0.39 is 12.0 Å². The Hall–Kier alpha value is -2.11. The lowest BCUT2D eigenvalue weighted by Gasteiger charge is -2.17. The number of rotatable bonds is 6. The molecule has 1 aromatic rings. The van der Waals surface area contributed by atoms with E-state index in [4.69, 9.17) is 5.11 Å². The van der Waals surface area contributed by atoms with Gasteiger partial charge in [-0.25, -0.2) is 4.79 Å². The number of amides is 2. The van der Waals surface area contributed by atoms with Gasteiger partial charge in [-0.05, 0) is 25.0 Å². The van der Waals surface area contributed by atoms with Crippen molar-refractivity contribution in [2.75, 3.05) is 5.32 Å². The Balaban J connectivity index is 2.57. The first-order valence-electron chi connectivity index (χ1n) is 6.22. The second-order valence-corrected chi connectivity index (χ2v) is 4.37. The number of aliphatic carboxylic acids is 1. The van der Waals surface area contributed by atoms with E-state index in [9.17, 15) is 9.59 Å². The average molecular weight is 265 g/mol. The van der Waals surface area contributed by atoms with Crippen LogP contribution in [0.3, 0.4) is 0 Å². The fourth-order valence-corrected chi connectivity index (χ4v) is 1.72. The van der Waals surface area contributed by atoms with Crippen LogP contribution in [0.2, 0.25) is 0 Å². The van der Waals surface area contributed by atoms with Gasteiger partial charge in [0.1, 0.15) is 0 Å². The van der Waals surface area contributed by atoms with Gasteiger partial charge in [0, 0.05) is 12.2 Å². The number of anilines is 1. The minimum atomic E-state index is -0.920. The summed E-state index contributed by atoms with van der Waals surface area (Å²) in [5, 5.41) is 14.1. The average Bonchev–Trinajstić information content (AvgIpc) is 2.31. The van der Waals surface area contributed by atoms with Crippen molar-refractivity contribution in [3.05, 3.63) is 24.0 Å². The van der Waals surface area contributed by atoms with Gasteiger partial charge >= 0.3 is 12.0 Å². The quantitative estimate of drug-likeness (QED) is 0.735. The molecule has 1 heterocycles. The standard InChI is InChI=1S/C13H19N3O3/c1-3-4-10(7-12(17)18)15-13(19)16-11-8-14-6-5-9(11)2/h5-6,8,10H,3-4,7H2,1-2H3,(H,17,18)(H2,15,16,19). The van der Waals surface area contributed by atoms with E-state index in [0.717, 1.165) is 12.0 Å². The van der Waals surface area contributed by atoms with Gasteiger partial charge in [-0.3, -0.25) is 9.78 Å². The summed E-state index contributed by atoms with van der Waals surface area (Å²) in [6, 6.07) is 1.02. The summed E-state index contributed by atoms with van der Waals surface area (Å²) in [5.41, 5.74) is 1.51. The number of hydrogen-bond acceptors (Lipinski definition) is 3. The number of nitrogens with one attached hydrogen (secondary N) is 2. The molecule has 6 heteroatoms. The molecule has 0 aliphatic rings. The largest absolute Gasteiger partial charge is 0.481 e. The minimum Gasteiger partial charge on any atom is -0.481 e. The number of carbonyl (C=O) groups excluding carboxylic acids is 1. The molecule has 19 heavy (non-hydrogen) atoms. The highest BCUT2D eigenvalue weighted by Crippen LogP contribution is 2.11. The SMILES string of the molecule is CCCC(CC(=O)O)NC(=O)Nc1cnccc1C. The predicted molar refractivity (Wildman–Crippen MR) is 72.1 cm³/mol. The maximum absolute atomic E-state index is 11.8. The summed E-state index contributed by atoms with van der Waals surface area (Å²) >= 11 is 0. The number of carboxylic acid groups (broad SMARTS) is 1. The number of hydrogen-bond donors (Lipinski definition) is 3. The Morgan fingerprint density at radius 3 is 2.79 bits per heavy atom. The summed E-state index contributed by atoms with van der Waals surface area (Å²) in [6.07, 6.45) is 4.56. The topological polar surface area (TPSA) is 91.3 Å². The molecular formula is C13H19N3O3. The third kappa shape index (κ3) is 5.37. The Morgan fingerprint density at radius 1 is 1.47 bits per heavy atom. The lowest BCUT2D eigenvalue weighted by atomic mass is 10.1. The monoisotopic (exact) mass is 265 g/mol. The van der Waals surface area contributed by atoms with Crippen molar-refractivity contribution in [3.63, 3.8) is 0 Å². The molecule has 0 bridgehead atoms. The number of aromatic nitrogens is 1. The first-order valence-corrected chi connectivity index (χ1v) is 6.22. The van der Waals surface area contributed by atoms with E-state index >= 15 is 0 Å². The normalized spacial score (nSPS) is 11.7. The van der Waals surface area contributed by atoms with Gasteiger partial charge in [0.05, 0.1) is 18.3 Å². The van der Waals surface area contributed by atoms with Crippen molar-refractivity contribution in [3.8, 4) is 0 Å². The second-order valence-electron chi connectivity index (χ2n) is 4.37. The Morgan fingerprint density at radius 2 is 2.21 bits per heavy atom. The fraction of sp³-hybridized carbons (Fsp3) is 0.462. The van der Waals surface area contributed by atoms with E-state index in [1.165, 1.54) is 0 Å². The molecule has 1 rings (SSSR count). The lowest BCUT2D eigenvalue weighted by molar-refractivity contribution is -0.137. The van der Waals surface area contributed by atoms with Crippen LogP contribution in [-0.4, -0.2) is 28.1 Å². The van der Waals surface area contributed by atoms with Gasteiger partial charge in [0.15, 0.2) is 0 Å². The summed E-state index contributed by atoms with van der Waals surface area (Å²) in [6.45, 7) is 3.80. The first kappa shape index (κ1) is 14.9. The number of urea groups is 1. The van der Waals surface area contributed by atoms with Crippen LogP contribution in [0.4, 0.5) is 10.5 Å². The van der Waals surface area contributed by atoms with Crippen molar-refractivity contribution >= 4 is 17.7 Å². The molecule has 3 N–H and O–H groups in total. The van der Waals surface area contributed by atoms with Crippen LogP contribution in [-0.2, 0) is 4.79 Å². The number of pyridine rings is 1. The lowest BCUT2D eigenvalue weighted by Crippen LogP contribution is -2.39. The highest BCUT2D eigenvalue weighted by Gasteiger charge is 2.15. The third-order valence-corrected chi connectivity index (χ3v) is 2.68. The van der Waals surface area contributed by atoms with Gasteiger partial charge in [-0.2, -0.15) is 0 Å². The number of carbonyl (C=O) groups is 2. The number of carboxylic acids is 1. The molecule has 0 aliphatic carbocycles. The molecule has 1 atom stereocenters. The van der Waals surface area contributed by atoms with Crippen molar-refractivity contribution < 1.29 is 14.7 Å². The van der Waals surface area contributed by atoms with E-state index in [0.29, 0.717) is 12.1 Å². The molecule has 0 radical (unpaired) electrons. The third-order valence-electron chi connectivity index (χ3n) is 2.68. The zero-order valence-corrected chi connectivity index (χ0v) is 11.1. The molecular weight excluding hydrogens is 246 g/mol. The van der Waals surface area contributed by atoms with Crippen LogP contribution in [0.15, 0.2) is 18.5 Å². The molecule has 0 aromatic carbocycles. The zero-order chi connectivity index (χ0) is 14.3. The van der Waals surface area contributed by atoms with Gasteiger partial charge in [0.2, 0.25) is 0 Å². The van der Waals surface area contributed by atoms with Crippen LogP contribution in [0.1, 0.15) is 31.7 Å². The van der Waals surface area contributed by atoms with Crippen LogP contribution < -0.4 is 10.6 Å². The Kier molecular flexibility index (Phi) is 5.78. The highest BCUT2D eigenvalue weighted by molar-refractivity contribution is 5.90. The van der Waals surface area contributed by atoms with Crippen molar-refractivity contribution in [2.45, 2.75) is 39.2 Å². The van der Waals surface area contributed by atoms with Crippen molar-refractivity contribution in [1.29, 1.82) is 0 Å². The number of aryl methyl sites for hydroxylation is 1. The first-order chi connectivity index (χ1) is 9.02. The van der Waals surface area contributed by atoms with E-state index in [-0.39, 0.29) is 12.5 Å². The second kappa shape index (κ2) is 7.35.